The van der Waals surface area contributed by atoms with Crippen molar-refractivity contribution in [1.82, 2.24) is 0 Å². The van der Waals surface area contributed by atoms with E-state index in [1.807, 2.05) is 12.1 Å². The Morgan fingerprint density at radius 3 is 2.38 bits per heavy atom. The zero-order valence-electron chi connectivity index (χ0n) is 13.3. The summed E-state index contributed by atoms with van der Waals surface area (Å²) in [5, 5.41) is 20.3. The first-order valence-corrected chi connectivity index (χ1v) is 7.55. The zero-order chi connectivity index (χ0) is 15.6. The van der Waals surface area contributed by atoms with Gasteiger partial charge < -0.3 is 19.7 Å². The third kappa shape index (κ3) is 2.87. The molecule has 21 heavy (non-hydrogen) atoms. The number of aliphatic hydroxyl groups is 2. The van der Waals surface area contributed by atoms with E-state index in [1.165, 1.54) is 5.56 Å². The van der Waals surface area contributed by atoms with Gasteiger partial charge in [-0.15, -0.1) is 0 Å². The van der Waals surface area contributed by atoms with E-state index >= 15 is 0 Å². The molecule has 2 atom stereocenters. The topological polar surface area (TPSA) is 58.9 Å². The molecule has 2 N–H and O–H groups in total. The first kappa shape index (κ1) is 16.1. The molecule has 4 heteroatoms. The number of rotatable bonds is 5. The lowest BCUT2D eigenvalue weighted by Gasteiger charge is -2.43. The Bertz CT molecular complexity index is 498. The minimum Gasteiger partial charge on any atom is -0.493 e. The van der Waals surface area contributed by atoms with Crippen LogP contribution in [0.2, 0.25) is 0 Å². The predicted octanol–water partition coefficient (Wildman–Crippen LogP) is 2.50. The molecule has 1 aliphatic carbocycles. The summed E-state index contributed by atoms with van der Waals surface area (Å²) in [7, 11) is 3.26. The third-order valence-corrected chi connectivity index (χ3v) is 4.60. The highest BCUT2D eigenvalue weighted by molar-refractivity contribution is 5.50. The molecule has 4 nitrogen and oxygen atoms in total. The molecule has 0 aliphatic heterocycles. The lowest BCUT2D eigenvalue weighted by atomic mass is 9.66. The largest absolute Gasteiger partial charge is 0.493 e. The number of benzene rings is 1. The molecule has 0 amide bonds. The van der Waals surface area contributed by atoms with E-state index in [4.69, 9.17) is 9.47 Å². The zero-order valence-corrected chi connectivity index (χ0v) is 13.3. The Morgan fingerprint density at radius 2 is 1.86 bits per heavy atom. The maximum Gasteiger partial charge on any atom is 0.161 e. The molecular formula is C17H26O4. The lowest BCUT2D eigenvalue weighted by Crippen LogP contribution is -2.43. The molecule has 0 fully saturated rings. The van der Waals surface area contributed by atoms with E-state index in [-0.39, 0.29) is 18.4 Å². The van der Waals surface area contributed by atoms with Gasteiger partial charge in [-0.3, -0.25) is 0 Å². The highest BCUT2D eigenvalue weighted by Gasteiger charge is 2.43. The average molecular weight is 294 g/mol. The number of ether oxygens (including phenoxy) is 2. The summed E-state index contributed by atoms with van der Waals surface area (Å²) < 4.78 is 10.8. The van der Waals surface area contributed by atoms with Crippen LogP contribution in [0.4, 0.5) is 0 Å². The molecule has 1 aromatic rings. The van der Waals surface area contributed by atoms with Gasteiger partial charge in [0.1, 0.15) is 0 Å². The Morgan fingerprint density at radius 1 is 1.24 bits per heavy atom. The number of hydrogen-bond donors (Lipinski definition) is 2. The minimum absolute atomic E-state index is 0.00232. The van der Waals surface area contributed by atoms with Gasteiger partial charge in [0.15, 0.2) is 11.5 Å². The van der Waals surface area contributed by atoms with Gasteiger partial charge in [0, 0.05) is 12.5 Å². The lowest BCUT2D eigenvalue weighted by molar-refractivity contribution is -0.0355. The van der Waals surface area contributed by atoms with Gasteiger partial charge in [-0.1, -0.05) is 13.8 Å². The Kier molecular flexibility index (Phi) is 4.79. The fourth-order valence-electron chi connectivity index (χ4n) is 3.69. The highest BCUT2D eigenvalue weighted by Crippen LogP contribution is 2.48. The Hall–Kier alpha value is -1.26. The summed E-state index contributed by atoms with van der Waals surface area (Å²) in [5.74, 6) is 1.69. The van der Waals surface area contributed by atoms with E-state index in [0.717, 1.165) is 17.7 Å². The van der Waals surface area contributed by atoms with Crippen molar-refractivity contribution in [1.29, 1.82) is 0 Å². The van der Waals surface area contributed by atoms with Crippen molar-refractivity contribution >= 4 is 0 Å². The van der Waals surface area contributed by atoms with Gasteiger partial charge in [0.05, 0.1) is 19.8 Å². The summed E-state index contributed by atoms with van der Waals surface area (Å²) >= 11 is 0. The van der Waals surface area contributed by atoms with Crippen molar-refractivity contribution < 1.29 is 19.7 Å². The van der Waals surface area contributed by atoms with Crippen molar-refractivity contribution in [3.05, 3.63) is 23.3 Å². The van der Waals surface area contributed by atoms with Gasteiger partial charge in [-0.2, -0.15) is 0 Å². The maximum absolute atomic E-state index is 11.0. The first-order chi connectivity index (χ1) is 9.96. The van der Waals surface area contributed by atoms with Gasteiger partial charge >= 0.3 is 0 Å². The van der Waals surface area contributed by atoms with Crippen molar-refractivity contribution in [2.75, 3.05) is 20.8 Å². The summed E-state index contributed by atoms with van der Waals surface area (Å²) in [6.07, 6.45) is 1.86. The summed E-state index contributed by atoms with van der Waals surface area (Å²) in [5.41, 5.74) is 1.47. The third-order valence-electron chi connectivity index (χ3n) is 4.60. The molecule has 0 heterocycles. The number of aliphatic hydroxyl groups excluding tert-OH is 1. The van der Waals surface area contributed by atoms with Gasteiger partial charge in [0.2, 0.25) is 0 Å². The van der Waals surface area contributed by atoms with E-state index in [0.29, 0.717) is 18.6 Å². The number of fused-ring (bicyclic) bond motifs is 1. The highest BCUT2D eigenvalue weighted by atomic mass is 16.5. The molecule has 0 bridgehead atoms. The van der Waals surface area contributed by atoms with Crippen LogP contribution in [0.25, 0.3) is 0 Å². The number of hydrogen-bond acceptors (Lipinski definition) is 4. The smallest absolute Gasteiger partial charge is 0.161 e. The van der Waals surface area contributed by atoms with E-state index < -0.39 is 5.60 Å². The normalized spacial score (nSPS) is 24.8. The Balaban J connectivity index is 2.53. The summed E-state index contributed by atoms with van der Waals surface area (Å²) in [6.45, 7) is 4.22. The summed E-state index contributed by atoms with van der Waals surface area (Å²) in [4.78, 5) is 0. The molecule has 2 rings (SSSR count). The Labute approximate surface area is 126 Å². The van der Waals surface area contributed by atoms with Crippen LogP contribution < -0.4 is 9.47 Å². The molecule has 0 aromatic heterocycles. The molecule has 0 saturated heterocycles. The first-order valence-electron chi connectivity index (χ1n) is 7.55. The molecule has 0 spiro atoms. The predicted molar refractivity (Wildman–Crippen MR) is 82.1 cm³/mol. The maximum atomic E-state index is 11.0. The van der Waals surface area contributed by atoms with E-state index in [2.05, 4.69) is 13.8 Å². The fraction of sp³-hybridized carbons (Fsp3) is 0.647. The average Bonchev–Trinajstić information content (AvgIpc) is 2.45. The molecular weight excluding hydrogens is 268 g/mol. The minimum atomic E-state index is -0.852. The number of aryl methyl sites for hydroxylation is 1. The van der Waals surface area contributed by atoms with Crippen LogP contribution in [0, 0.1) is 5.92 Å². The van der Waals surface area contributed by atoms with E-state index in [9.17, 15) is 10.2 Å². The second-order valence-electron chi connectivity index (χ2n) is 6.20. The SMILES string of the molecule is COc1cc2c(cc1OC)[C@H](C(C)C)[C@@](O)(CCO)CC2. The van der Waals surface area contributed by atoms with Gasteiger partial charge in [0.25, 0.3) is 0 Å². The monoisotopic (exact) mass is 294 g/mol. The van der Waals surface area contributed by atoms with Crippen LogP contribution in [0.1, 0.15) is 43.7 Å². The molecule has 0 saturated carbocycles. The summed E-state index contributed by atoms with van der Waals surface area (Å²) in [6, 6.07) is 4.00. The van der Waals surface area contributed by atoms with Crippen LogP contribution in [-0.4, -0.2) is 36.6 Å². The van der Waals surface area contributed by atoms with Crippen LogP contribution in [0.5, 0.6) is 11.5 Å². The van der Waals surface area contributed by atoms with E-state index in [1.54, 1.807) is 14.2 Å². The molecule has 0 radical (unpaired) electrons. The van der Waals surface area contributed by atoms with Crippen LogP contribution >= 0.6 is 0 Å². The van der Waals surface area contributed by atoms with Gasteiger partial charge in [-0.25, -0.2) is 0 Å². The van der Waals surface area contributed by atoms with Crippen molar-refractivity contribution in [2.45, 2.75) is 44.6 Å². The second-order valence-corrected chi connectivity index (χ2v) is 6.20. The second kappa shape index (κ2) is 6.24. The standard InChI is InChI=1S/C17H26O4/c1-11(2)16-13-10-15(21-4)14(20-3)9-12(13)5-6-17(16,19)7-8-18/h9-11,16,18-19H,5-8H2,1-4H3/t16-,17-/m0/s1. The van der Waals surface area contributed by atoms with Crippen molar-refractivity contribution in [3.8, 4) is 11.5 Å². The molecule has 1 aromatic carbocycles. The van der Waals surface area contributed by atoms with Crippen LogP contribution in [-0.2, 0) is 6.42 Å². The molecule has 1 aliphatic rings. The molecule has 118 valence electrons. The fourth-order valence-corrected chi connectivity index (χ4v) is 3.69. The van der Waals surface area contributed by atoms with Gasteiger partial charge in [-0.05, 0) is 48.4 Å². The van der Waals surface area contributed by atoms with Crippen LogP contribution in [0.3, 0.4) is 0 Å². The quantitative estimate of drug-likeness (QED) is 0.876. The number of methoxy groups -OCH3 is 2. The van der Waals surface area contributed by atoms with Crippen molar-refractivity contribution in [3.63, 3.8) is 0 Å². The van der Waals surface area contributed by atoms with Crippen LogP contribution in [0.15, 0.2) is 12.1 Å². The molecule has 0 unspecified atom stereocenters. The van der Waals surface area contributed by atoms with Crippen molar-refractivity contribution in [2.24, 2.45) is 5.92 Å².